The van der Waals surface area contributed by atoms with Crippen LogP contribution in [0.15, 0.2) is 101 Å². The first kappa shape index (κ1) is 32.0. The Morgan fingerprint density at radius 3 is 2.46 bits per heavy atom. The van der Waals surface area contributed by atoms with Crippen LogP contribution in [0, 0.1) is 0 Å². The number of ether oxygens (including phenoxy) is 1. The minimum absolute atomic E-state index is 0.0123. The average molecular weight is 686 g/mol. The first-order valence-electron chi connectivity index (χ1n) is 15.4. The van der Waals surface area contributed by atoms with E-state index in [-0.39, 0.29) is 31.2 Å². The van der Waals surface area contributed by atoms with Gasteiger partial charge in [-0.25, -0.2) is 19.7 Å². The second kappa shape index (κ2) is 13.5. The normalized spacial score (nSPS) is 22.7. The summed E-state index contributed by atoms with van der Waals surface area (Å²) >= 11 is 7.65. The van der Waals surface area contributed by atoms with E-state index < -0.39 is 36.6 Å². The molecule has 3 unspecified atom stereocenters. The number of aromatic nitrogens is 4. The molecule has 5 aromatic rings. The summed E-state index contributed by atoms with van der Waals surface area (Å²) in [6, 6.07) is 23.8. The highest BCUT2D eigenvalue weighted by molar-refractivity contribution is 7.99. The number of benzene rings is 3. The number of aliphatic hydroxyl groups is 2. The highest BCUT2D eigenvalue weighted by Crippen LogP contribution is 2.36. The third-order valence-corrected chi connectivity index (χ3v) is 10.0. The molecular formula is C34H32ClN7O5S. The first-order valence-corrected chi connectivity index (χ1v) is 16.6. The Balaban J connectivity index is 1.10. The Kier molecular flexibility index (Phi) is 9.03. The highest BCUT2D eigenvalue weighted by atomic mass is 35.5. The van der Waals surface area contributed by atoms with E-state index in [1.807, 2.05) is 78.9 Å². The molecular weight excluding hydrogens is 654 g/mol. The molecule has 14 heteroatoms. The molecule has 2 aliphatic heterocycles. The standard InChI is InChI=1S/C34H32ClN7O5S/c35-22-10-12-23(13-11-22)48-26-9-5-4-8-21(26)17-41-24(16-20-6-2-1-3-7-20)32(45)40(34(41)46)15-14-25-28(43)29(44)33(47-25)42-19-39-27-30(36)37-18-38-31(27)42/h1-13,18-19,24-25,28-29,33,43-44H,14-17H2,(H2,36,37,38)/t24?,25?,28?,29-,33-/m1/s1. The zero-order chi connectivity index (χ0) is 33.4. The van der Waals surface area contributed by atoms with E-state index in [0.29, 0.717) is 22.6 Å². The Labute approximate surface area is 285 Å². The monoisotopic (exact) mass is 685 g/mol. The molecule has 2 aliphatic rings. The number of aliphatic hydroxyl groups excluding tert-OH is 2. The van der Waals surface area contributed by atoms with Crippen molar-refractivity contribution in [3.63, 3.8) is 0 Å². The molecule has 3 aromatic carbocycles. The van der Waals surface area contributed by atoms with Gasteiger partial charge in [-0.2, -0.15) is 0 Å². The van der Waals surface area contributed by atoms with Crippen LogP contribution in [0.1, 0.15) is 23.8 Å². The number of anilines is 1. The molecule has 2 fully saturated rings. The Morgan fingerprint density at radius 1 is 0.917 bits per heavy atom. The molecule has 2 aromatic heterocycles. The molecule has 4 N–H and O–H groups in total. The number of nitrogens with zero attached hydrogens (tertiary/aromatic N) is 6. The van der Waals surface area contributed by atoms with E-state index in [0.717, 1.165) is 20.9 Å². The quantitative estimate of drug-likeness (QED) is 0.181. The van der Waals surface area contributed by atoms with Crippen molar-refractivity contribution < 1.29 is 24.5 Å². The van der Waals surface area contributed by atoms with Crippen LogP contribution >= 0.6 is 23.4 Å². The van der Waals surface area contributed by atoms with Crippen molar-refractivity contribution in [3.8, 4) is 0 Å². The van der Waals surface area contributed by atoms with E-state index in [4.69, 9.17) is 22.1 Å². The van der Waals surface area contributed by atoms with Crippen molar-refractivity contribution >= 4 is 52.3 Å². The second-order valence-corrected chi connectivity index (χ2v) is 13.2. The summed E-state index contributed by atoms with van der Waals surface area (Å²) in [4.78, 5) is 45.1. The van der Waals surface area contributed by atoms with Gasteiger partial charge in [-0.15, -0.1) is 0 Å². The molecule has 48 heavy (non-hydrogen) atoms. The number of hydrogen-bond donors (Lipinski definition) is 3. The number of amides is 3. The number of carbonyl (C=O) groups is 2. The molecule has 0 bridgehead atoms. The predicted molar refractivity (Wildman–Crippen MR) is 179 cm³/mol. The maximum atomic E-state index is 14.0. The minimum atomic E-state index is -1.31. The maximum absolute atomic E-state index is 14.0. The Hall–Kier alpha value is -4.53. The van der Waals surface area contributed by atoms with Crippen LogP contribution in [0.2, 0.25) is 5.02 Å². The molecule has 5 atom stereocenters. The number of imide groups is 1. The van der Waals surface area contributed by atoms with Gasteiger partial charge in [0.25, 0.3) is 5.91 Å². The van der Waals surface area contributed by atoms with Crippen molar-refractivity contribution in [1.29, 1.82) is 0 Å². The van der Waals surface area contributed by atoms with Crippen molar-refractivity contribution in [2.75, 3.05) is 12.3 Å². The SMILES string of the molecule is Nc1ncnc2c1ncn2[C@@H]1OC(CCN2C(=O)C(Cc3ccccc3)N(Cc3ccccc3Sc3ccc(Cl)cc3)C2=O)C(O)[C@H]1O. The van der Waals surface area contributed by atoms with Crippen molar-refractivity contribution in [3.05, 3.63) is 108 Å². The van der Waals surface area contributed by atoms with E-state index >= 15 is 0 Å². The average Bonchev–Trinajstić information content (AvgIpc) is 3.71. The van der Waals surface area contributed by atoms with Crippen molar-refractivity contribution in [2.45, 2.75) is 59.8 Å². The van der Waals surface area contributed by atoms with E-state index in [2.05, 4.69) is 15.0 Å². The molecule has 3 amide bonds. The van der Waals surface area contributed by atoms with E-state index in [9.17, 15) is 19.8 Å². The third kappa shape index (κ3) is 6.22. The summed E-state index contributed by atoms with van der Waals surface area (Å²) in [6.45, 7) is 0.207. The van der Waals surface area contributed by atoms with Crippen LogP contribution < -0.4 is 5.73 Å². The molecule has 0 radical (unpaired) electrons. The van der Waals surface area contributed by atoms with Gasteiger partial charge in [0, 0.05) is 34.3 Å². The van der Waals surface area contributed by atoms with Gasteiger partial charge in [0.05, 0.1) is 12.4 Å². The van der Waals surface area contributed by atoms with Crippen molar-refractivity contribution in [1.82, 2.24) is 29.3 Å². The molecule has 246 valence electrons. The zero-order valence-corrected chi connectivity index (χ0v) is 27.1. The van der Waals surface area contributed by atoms with Gasteiger partial charge >= 0.3 is 6.03 Å². The van der Waals surface area contributed by atoms with Gasteiger partial charge in [-0.3, -0.25) is 14.3 Å². The maximum Gasteiger partial charge on any atom is 0.327 e. The van der Waals surface area contributed by atoms with Gasteiger partial charge in [0.1, 0.15) is 30.1 Å². The topological polar surface area (TPSA) is 160 Å². The minimum Gasteiger partial charge on any atom is -0.388 e. The molecule has 4 heterocycles. The number of nitrogens with two attached hydrogens (primary N) is 1. The van der Waals surface area contributed by atoms with Gasteiger partial charge in [0.15, 0.2) is 17.7 Å². The fourth-order valence-corrected chi connectivity index (χ4v) is 7.23. The molecule has 7 rings (SSSR count). The van der Waals surface area contributed by atoms with E-state index in [1.165, 1.54) is 22.1 Å². The smallest absolute Gasteiger partial charge is 0.327 e. The first-order chi connectivity index (χ1) is 23.3. The van der Waals surface area contributed by atoms with Crippen LogP contribution in [-0.2, 0) is 22.5 Å². The van der Waals surface area contributed by atoms with E-state index in [1.54, 1.807) is 16.7 Å². The number of fused-ring (bicyclic) bond motifs is 1. The van der Waals surface area contributed by atoms with Gasteiger partial charge in [0.2, 0.25) is 0 Å². The summed E-state index contributed by atoms with van der Waals surface area (Å²) in [5.74, 6) is -0.153. The molecule has 0 saturated carbocycles. The summed E-state index contributed by atoms with van der Waals surface area (Å²) in [5.41, 5.74) is 8.43. The summed E-state index contributed by atoms with van der Waals surface area (Å²) < 4.78 is 7.57. The van der Waals surface area contributed by atoms with Gasteiger partial charge in [-0.1, -0.05) is 71.9 Å². The Morgan fingerprint density at radius 2 is 1.67 bits per heavy atom. The second-order valence-electron chi connectivity index (χ2n) is 11.7. The predicted octanol–water partition coefficient (Wildman–Crippen LogP) is 4.30. The molecule has 0 aliphatic carbocycles. The number of rotatable bonds is 10. The number of urea groups is 1. The highest BCUT2D eigenvalue weighted by Gasteiger charge is 2.48. The van der Waals surface area contributed by atoms with Crippen molar-refractivity contribution in [2.24, 2.45) is 0 Å². The largest absolute Gasteiger partial charge is 0.388 e. The Bertz CT molecular complexity index is 1950. The number of carbonyl (C=O) groups excluding carboxylic acids is 2. The zero-order valence-electron chi connectivity index (χ0n) is 25.5. The molecule has 2 saturated heterocycles. The van der Waals surface area contributed by atoms with Crippen LogP contribution in [0.5, 0.6) is 0 Å². The van der Waals surface area contributed by atoms with Crippen LogP contribution in [0.25, 0.3) is 11.2 Å². The lowest BCUT2D eigenvalue weighted by atomic mass is 10.0. The summed E-state index contributed by atoms with van der Waals surface area (Å²) in [7, 11) is 0. The van der Waals surface area contributed by atoms with Gasteiger partial charge in [-0.05, 0) is 47.9 Å². The van der Waals surface area contributed by atoms with Crippen LogP contribution in [0.3, 0.4) is 0 Å². The lowest BCUT2D eigenvalue weighted by Crippen LogP contribution is -2.37. The van der Waals surface area contributed by atoms with Gasteiger partial charge < -0.3 is 25.6 Å². The number of imidazole rings is 1. The van der Waals surface area contributed by atoms with Crippen LogP contribution in [0.4, 0.5) is 10.6 Å². The number of halogens is 1. The third-order valence-electron chi connectivity index (χ3n) is 8.67. The number of hydrogen-bond acceptors (Lipinski definition) is 10. The summed E-state index contributed by atoms with van der Waals surface area (Å²) in [6.07, 6.45) is -1.34. The fourth-order valence-electron chi connectivity index (χ4n) is 6.17. The van der Waals surface area contributed by atoms with Crippen LogP contribution in [-0.4, -0.2) is 82.4 Å². The molecule has 12 nitrogen and oxygen atoms in total. The lowest BCUT2D eigenvalue weighted by molar-refractivity contribution is -0.128. The fraction of sp³-hybridized carbons (Fsp3) is 0.265. The lowest BCUT2D eigenvalue weighted by Gasteiger charge is -2.23. The summed E-state index contributed by atoms with van der Waals surface area (Å²) in [5, 5.41) is 22.5. The molecule has 0 spiro atoms. The number of nitrogen functional groups attached to an aromatic ring is 1.